The van der Waals surface area contributed by atoms with Gasteiger partial charge in [0.15, 0.2) is 0 Å². The quantitative estimate of drug-likeness (QED) is 0.870. The molecule has 0 saturated carbocycles. The maximum Gasteiger partial charge on any atom is 0.257 e. The first-order valence-corrected chi connectivity index (χ1v) is 6.80. The Bertz CT molecular complexity index is 493. The summed E-state index contributed by atoms with van der Waals surface area (Å²) in [4.78, 5) is 12.2. The van der Waals surface area contributed by atoms with Crippen molar-refractivity contribution in [3.05, 3.63) is 23.4 Å². The monoisotopic (exact) mass is 265 g/mol. The van der Waals surface area contributed by atoms with Crippen LogP contribution >= 0.6 is 11.3 Å². The van der Waals surface area contributed by atoms with Gasteiger partial charge < -0.3 is 9.73 Å². The molecule has 0 aliphatic rings. The maximum absolute atomic E-state index is 11.2. The number of amides is 1. The third-order valence-corrected chi connectivity index (χ3v) is 3.19. The molecule has 96 valence electrons. The fourth-order valence-corrected chi connectivity index (χ4v) is 2.12. The molecule has 18 heavy (non-hydrogen) atoms. The number of hydrogen-bond donors (Lipinski definition) is 1. The topological polar surface area (TPSA) is 68.0 Å². The lowest BCUT2D eigenvalue weighted by Gasteiger charge is -2.00. The van der Waals surface area contributed by atoms with Gasteiger partial charge in [0.2, 0.25) is 11.8 Å². The molecule has 1 amide bonds. The zero-order valence-electron chi connectivity index (χ0n) is 10.2. The summed E-state index contributed by atoms with van der Waals surface area (Å²) >= 11 is 1.56. The van der Waals surface area contributed by atoms with E-state index in [1.807, 2.05) is 24.4 Å². The molecule has 1 N–H and O–H groups in total. The summed E-state index contributed by atoms with van der Waals surface area (Å²) in [6.07, 6.45) is 1.98. The van der Waals surface area contributed by atoms with Crippen molar-refractivity contribution in [3.63, 3.8) is 0 Å². The normalized spacial score (nSPS) is 10.5. The molecule has 0 aliphatic carbocycles. The van der Waals surface area contributed by atoms with Crippen molar-refractivity contribution in [1.82, 2.24) is 15.5 Å². The Kier molecular flexibility index (Phi) is 4.46. The van der Waals surface area contributed by atoms with Crippen molar-refractivity contribution in [2.24, 2.45) is 0 Å². The predicted molar refractivity (Wildman–Crippen MR) is 69.2 cm³/mol. The molecule has 2 aromatic heterocycles. The molecule has 0 aromatic carbocycles. The summed E-state index contributed by atoms with van der Waals surface area (Å²) in [5.41, 5.74) is 0. The smallest absolute Gasteiger partial charge is 0.257 e. The first kappa shape index (κ1) is 12.8. The molecule has 0 radical (unpaired) electrons. The summed E-state index contributed by atoms with van der Waals surface area (Å²) in [5.74, 6) is 1.16. The van der Waals surface area contributed by atoms with E-state index in [0.29, 0.717) is 31.2 Å². The molecule has 0 aliphatic heterocycles. The summed E-state index contributed by atoms with van der Waals surface area (Å²) in [6.45, 7) is 2.51. The second-order valence-corrected chi connectivity index (χ2v) is 4.78. The second-order valence-electron chi connectivity index (χ2n) is 3.83. The summed E-state index contributed by atoms with van der Waals surface area (Å²) in [7, 11) is 0. The van der Waals surface area contributed by atoms with Crippen LogP contribution in [0.3, 0.4) is 0 Å². The van der Waals surface area contributed by atoms with Crippen LogP contribution in [0.25, 0.3) is 10.8 Å². The van der Waals surface area contributed by atoms with Crippen LogP contribution in [0.1, 0.15) is 25.7 Å². The van der Waals surface area contributed by atoms with E-state index >= 15 is 0 Å². The van der Waals surface area contributed by atoms with E-state index in [-0.39, 0.29) is 5.91 Å². The molecule has 0 unspecified atom stereocenters. The van der Waals surface area contributed by atoms with Gasteiger partial charge in [0, 0.05) is 19.4 Å². The highest BCUT2D eigenvalue weighted by molar-refractivity contribution is 7.13. The van der Waals surface area contributed by atoms with Gasteiger partial charge in [-0.1, -0.05) is 13.0 Å². The molecule has 0 atom stereocenters. The van der Waals surface area contributed by atoms with Crippen molar-refractivity contribution in [3.8, 4) is 10.8 Å². The summed E-state index contributed by atoms with van der Waals surface area (Å²) < 4.78 is 5.51. The number of carbonyl (C=O) groups excluding carboxylic acids is 1. The average molecular weight is 265 g/mol. The second kappa shape index (κ2) is 6.30. The third-order valence-electron chi connectivity index (χ3n) is 2.34. The van der Waals surface area contributed by atoms with Crippen LogP contribution in [-0.2, 0) is 11.2 Å². The van der Waals surface area contributed by atoms with Gasteiger partial charge in [-0.2, -0.15) is 0 Å². The molecule has 2 rings (SSSR count). The van der Waals surface area contributed by atoms with E-state index in [9.17, 15) is 4.79 Å². The Morgan fingerprint density at radius 2 is 2.39 bits per heavy atom. The Balaban J connectivity index is 1.82. The van der Waals surface area contributed by atoms with Crippen LogP contribution in [0.2, 0.25) is 0 Å². The van der Waals surface area contributed by atoms with Gasteiger partial charge in [0.25, 0.3) is 5.89 Å². The zero-order valence-corrected chi connectivity index (χ0v) is 11.0. The van der Waals surface area contributed by atoms with Crippen LogP contribution in [0.5, 0.6) is 0 Å². The number of thiophene rings is 1. The van der Waals surface area contributed by atoms with Crippen LogP contribution in [0.4, 0.5) is 0 Å². The average Bonchev–Trinajstić information content (AvgIpc) is 2.99. The minimum absolute atomic E-state index is 0.0653. The Morgan fingerprint density at radius 1 is 1.50 bits per heavy atom. The van der Waals surface area contributed by atoms with E-state index in [2.05, 4.69) is 15.5 Å². The van der Waals surface area contributed by atoms with Gasteiger partial charge in [-0.15, -0.1) is 21.5 Å². The highest BCUT2D eigenvalue weighted by Crippen LogP contribution is 2.22. The summed E-state index contributed by atoms with van der Waals surface area (Å²) in [5, 5.41) is 12.7. The predicted octanol–water partition coefficient (Wildman–Crippen LogP) is 2.26. The molecule has 0 spiro atoms. The zero-order chi connectivity index (χ0) is 12.8. The Morgan fingerprint density at radius 3 is 3.11 bits per heavy atom. The highest BCUT2D eigenvalue weighted by atomic mass is 32.1. The van der Waals surface area contributed by atoms with E-state index in [1.54, 1.807) is 11.3 Å². The Labute approximate surface area is 109 Å². The van der Waals surface area contributed by atoms with Crippen molar-refractivity contribution >= 4 is 17.2 Å². The third kappa shape index (κ3) is 3.40. The van der Waals surface area contributed by atoms with Gasteiger partial charge >= 0.3 is 0 Å². The first-order chi connectivity index (χ1) is 8.79. The molecule has 6 heteroatoms. The molecule has 5 nitrogen and oxygen atoms in total. The SMILES string of the molecule is CCCC(=O)NCCc1nnc(-c2cccs2)o1. The van der Waals surface area contributed by atoms with Gasteiger partial charge in [0.05, 0.1) is 4.88 Å². The molecule has 2 aromatic rings. The van der Waals surface area contributed by atoms with E-state index in [0.717, 1.165) is 11.3 Å². The standard InChI is InChI=1S/C12H15N3O2S/c1-2-4-10(16)13-7-6-11-14-15-12(17-11)9-5-3-8-18-9/h3,5,8H,2,4,6-7H2,1H3,(H,13,16). The molecular formula is C12H15N3O2S. The van der Waals surface area contributed by atoms with Crippen molar-refractivity contribution in [2.75, 3.05) is 6.54 Å². The highest BCUT2D eigenvalue weighted by Gasteiger charge is 2.09. The van der Waals surface area contributed by atoms with Crippen LogP contribution < -0.4 is 5.32 Å². The lowest BCUT2D eigenvalue weighted by molar-refractivity contribution is -0.121. The number of nitrogens with one attached hydrogen (secondary N) is 1. The van der Waals surface area contributed by atoms with Gasteiger partial charge in [-0.3, -0.25) is 4.79 Å². The first-order valence-electron chi connectivity index (χ1n) is 5.92. The van der Waals surface area contributed by atoms with Crippen LogP contribution in [-0.4, -0.2) is 22.6 Å². The van der Waals surface area contributed by atoms with Crippen molar-refractivity contribution < 1.29 is 9.21 Å². The largest absolute Gasteiger partial charge is 0.420 e. The molecular weight excluding hydrogens is 250 g/mol. The van der Waals surface area contributed by atoms with Gasteiger partial charge in [-0.25, -0.2) is 0 Å². The van der Waals surface area contributed by atoms with Crippen LogP contribution in [0, 0.1) is 0 Å². The minimum atomic E-state index is 0.0653. The molecule has 0 saturated heterocycles. The molecule has 0 bridgehead atoms. The fourth-order valence-electron chi connectivity index (χ4n) is 1.48. The van der Waals surface area contributed by atoms with E-state index in [4.69, 9.17) is 4.42 Å². The number of rotatable bonds is 6. The number of nitrogens with zero attached hydrogens (tertiary/aromatic N) is 2. The number of aromatic nitrogens is 2. The lowest BCUT2D eigenvalue weighted by atomic mass is 10.3. The van der Waals surface area contributed by atoms with E-state index in [1.165, 1.54) is 0 Å². The minimum Gasteiger partial charge on any atom is -0.420 e. The van der Waals surface area contributed by atoms with Crippen molar-refractivity contribution in [1.29, 1.82) is 0 Å². The van der Waals surface area contributed by atoms with Crippen LogP contribution in [0.15, 0.2) is 21.9 Å². The molecule has 2 heterocycles. The van der Waals surface area contributed by atoms with Crippen molar-refractivity contribution in [2.45, 2.75) is 26.2 Å². The maximum atomic E-state index is 11.2. The fraction of sp³-hybridized carbons (Fsp3) is 0.417. The Hall–Kier alpha value is -1.69. The number of hydrogen-bond acceptors (Lipinski definition) is 5. The molecule has 0 fully saturated rings. The van der Waals surface area contributed by atoms with E-state index < -0.39 is 0 Å². The van der Waals surface area contributed by atoms with Gasteiger partial charge in [-0.05, 0) is 17.9 Å². The lowest BCUT2D eigenvalue weighted by Crippen LogP contribution is -2.25. The van der Waals surface area contributed by atoms with Gasteiger partial charge in [0.1, 0.15) is 0 Å². The number of carbonyl (C=O) groups is 1. The summed E-state index contributed by atoms with van der Waals surface area (Å²) in [6, 6.07) is 3.87.